The van der Waals surface area contributed by atoms with Crippen LogP contribution in [0.25, 0.3) is 27.6 Å². The Bertz CT molecular complexity index is 1680. The first-order chi connectivity index (χ1) is 16.6. The highest BCUT2D eigenvalue weighted by molar-refractivity contribution is 7.98. The first-order valence-electron chi connectivity index (χ1n) is 11.7. The fraction of sp³-hybridized carbons (Fsp3) is 0.308. The summed E-state index contributed by atoms with van der Waals surface area (Å²) in [5, 5.41) is 11.2. The van der Waals surface area contributed by atoms with E-state index < -0.39 is 0 Å². The van der Waals surface area contributed by atoms with Crippen molar-refractivity contribution < 1.29 is 4.42 Å². The van der Waals surface area contributed by atoms with E-state index in [4.69, 9.17) is 4.42 Å². The molecule has 3 aromatic heterocycles. The molecule has 0 aliphatic heterocycles. The summed E-state index contributed by atoms with van der Waals surface area (Å²) in [7, 11) is 0. The maximum atomic E-state index is 13.1. The number of aromatic nitrogens is 4. The second-order valence-electron chi connectivity index (χ2n) is 8.80. The molecule has 0 saturated carbocycles. The maximum absolute atomic E-state index is 13.1. The largest absolute Gasteiger partial charge is 0.423 e. The number of hydrogen-bond donors (Lipinski definition) is 0. The number of rotatable bonds is 6. The molecule has 2 aromatic carbocycles. The van der Waals surface area contributed by atoms with E-state index in [1.54, 1.807) is 10.6 Å². The molecule has 0 radical (unpaired) electrons. The predicted molar refractivity (Wildman–Crippen MR) is 134 cm³/mol. The SMILES string of the molecule is CCCCn1c(=O)c2ccccc2n2c(SCc3cc(=O)oc4cc5c(cc34)CCC5)nnc12. The van der Waals surface area contributed by atoms with Crippen LogP contribution in [0.15, 0.2) is 61.6 Å². The quantitative estimate of drug-likeness (QED) is 0.262. The van der Waals surface area contributed by atoms with Gasteiger partial charge in [-0.05, 0) is 66.6 Å². The molecular weight excluding hydrogens is 448 g/mol. The normalized spacial score (nSPS) is 13.3. The second kappa shape index (κ2) is 8.43. The number of aryl methyl sites for hydroxylation is 3. The lowest BCUT2D eigenvalue weighted by Crippen LogP contribution is -2.23. The average Bonchev–Trinajstić information content (AvgIpc) is 3.48. The molecular formula is C26H24N4O3S. The summed E-state index contributed by atoms with van der Waals surface area (Å²) in [6.45, 7) is 2.70. The van der Waals surface area contributed by atoms with Gasteiger partial charge in [0, 0.05) is 23.8 Å². The lowest BCUT2D eigenvalue weighted by molar-refractivity contribution is 0.559. The van der Waals surface area contributed by atoms with Gasteiger partial charge in [-0.3, -0.25) is 13.8 Å². The minimum absolute atomic E-state index is 0.0407. The van der Waals surface area contributed by atoms with Gasteiger partial charge in [-0.15, -0.1) is 10.2 Å². The first kappa shape index (κ1) is 21.2. The van der Waals surface area contributed by atoms with Crippen LogP contribution in [0, 0.1) is 0 Å². The van der Waals surface area contributed by atoms with Gasteiger partial charge in [0.05, 0.1) is 10.9 Å². The fourth-order valence-electron chi connectivity index (χ4n) is 4.90. The number of para-hydroxylation sites is 1. The zero-order valence-electron chi connectivity index (χ0n) is 18.9. The van der Waals surface area contributed by atoms with E-state index in [0.717, 1.165) is 48.6 Å². The molecule has 3 heterocycles. The van der Waals surface area contributed by atoms with E-state index >= 15 is 0 Å². The van der Waals surface area contributed by atoms with E-state index in [1.165, 1.54) is 22.9 Å². The second-order valence-corrected chi connectivity index (χ2v) is 9.74. The lowest BCUT2D eigenvalue weighted by atomic mass is 10.0. The highest BCUT2D eigenvalue weighted by atomic mass is 32.2. The summed E-state index contributed by atoms with van der Waals surface area (Å²) in [6.07, 6.45) is 5.10. The van der Waals surface area contributed by atoms with Crippen LogP contribution in [-0.2, 0) is 25.1 Å². The third kappa shape index (κ3) is 3.44. The van der Waals surface area contributed by atoms with Crippen molar-refractivity contribution in [3.8, 4) is 0 Å². The third-order valence-electron chi connectivity index (χ3n) is 6.61. The lowest BCUT2D eigenvalue weighted by Gasteiger charge is -2.11. The minimum atomic E-state index is -0.342. The predicted octanol–water partition coefficient (Wildman–Crippen LogP) is 4.73. The van der Waals surface area contributed by atoms with Crippen molar-refractivity contribution in [3.63, 3.8) is 0 Å². The van der Waals surface area contributed by atoms with E-state index in [-0.39, 0.29) is 11.2 Å². The number of thioether (sulfide) groups is 1. The Morgan fingerprint density at radius 2 is 1.85 bits per heavy atom. The first-order valence-corrected chi connectivity index (χ1v) is 12.7. The summed E-state index contributed by atoms with van der Waals surface area (Å²) in [5.41, 5.74) is 4.59. The molecule has 0 amide bonds. The molecule has 7 nitrogen and oxygen atoms in total. The molecule has 0 unspecified atom stereocenters. The zero-order valence-corrected chi connectivity index (χ0v) is 19.7. The van der Waals surface area contributed by atoms with E-state index in [9.17, 15) is 9.59 Å². The molecule has 34 heavy (non-hydrogen) atoms. The van der Waals surface area contributed by atoms with Crippen molar-refractivity contribution in [2.75, 3.05) is 0 Å². The van der Waals surface area contributed by atoms with Gasteiger partial charge in [-0.2, -0.15) is 0 Å². The van der Waals surface area contributed by atoms with Gasteiger partial charge < -0.3 is 4.42 Å². The molecule has 1 aliphatic carbocycles. The molecule has 1 aliphatic rings. The van der Waals surface area contributed by atoms with E-state index in [1.807, 2.05) is 34.7 Å². The van der Waals surface area contributed by atoms with Gasteiger partial charge in [-0.1, -0.05) is 37.2 Å². The van der Waals surface area contributed by atoms with Crippen LogP contribution in [0.1, 0.15) is 42.9 Å². The molecule has 0 spiro atoms. The summed E-state index contributed by atoms with van der Waals surface area (Å²) in [5.74, 6) is 1.10. The summed E-state index contributed by atoms with van der Waals surface area (Å²) in [4.78, 5) is 25.4. The Balaban J connectivity index is 1.45. The number of fused-ring (bicyclic) bond motifs is 5. The van der Waals surface area contributed by atoms with Crippen LogP contribution in [0.2, 0.25) is 0 Å². The summed E-state index contributed by atoms with van der Waals surface area (Å²) in [6, 6.07) is 13.4. The molecule has 6 rings (SSSR count). The Morgan fingerprint density at radius 1 is 1.03 bits per heavy atom. The standard InChI is InChI=1S/C26H24N4O3S/c1-2-3-11-29-24(32)19-9-4-5-10-21(19)30-25(29)27-28-26(30)34-15-18-14-23(31)33-22-13-17-8-6-7-16(17)12-20(18)22/h4-5,9-10,12-14H,2-3,6-8,11,15H2,1H3. The molecule has 0 bridgehead atoms. The fourth-order valence-corrected chi connectivity index (χ4v) is 5.83. The number of unbranched alkanes of at least 4 members (excludes halogenated alkanes) is 1. The van der Waals surface area contributed by atoms with Crippen LogP contribution in [-0.4, -0.2) is 19.2 Å². The smallest absolute Gasteiger partial charge is 0.336 e. The van der Waals surface area contributed by atoms with E-state index in [2.05, 4.69) is 23.2 Å². The average molecular weight is 473 g/mol. The summed E-state index contributed by atoms with van der Waals surface area (Å²) < 4.78 is 9.20. The van der Waals surface area contributed by atoms with Crippen molar-refractivity contribution in [1.29, 1.82) is 0 Å². The molecule has 0 atom stereocenters. The molecule has 0 N–H and O–H groups in total. The Labute approximate surface area is 199 Å². The van der Waals surface area contributed by atoms with Crippen molar-refractivity contribution >= 4 is 39.4 Å². The molecule has 0 saturated heterocycles. The molecule has 8 heteroatoms. The van der Waals surface area contributed by atoms with Gasteiger partial charge >= 0.3 is 5.63 Å². The topological polar surface area (TPSA) is 82.4 Å². The molecule has 172 valence electrons. The number of hydrogen-bond acceptors (Lipinski definition) is 6. The van der Waals surface area contributed by atoms with Crippen LogP contribution in [0.4, 0.5) is 0 Å². The number of nitrogens with zero attached hydrogens (tertiary/aromatic N) is 4. The Kier molecular flexibility index (Phi) is 5.25. The Morgan fingerprint density at radius 3 is 2.71 bits per heavy atom. The van der Waals surface area contributed by atoms with Crippen LogP contribution >= 0.6 is 11.8 Å². The van der Waals surface area contributed by atoms with Crippen molar-refractivity contribution in [2.24, 2.45) is 0 Å². The van der Waals surface area contributed by atoms with Crippen molar-refractivity contribution in [2.45, 2.75) is 56.5 Å². The minimum Gasteiger partial charge on any atom is -0.423 e. The van der Waals surface area contributed by atoms with Crippen LogP contribution in [0.3, 0.4) is 0 Å². The van der Waals surface area contributed by atoms with E-state index in [0.29, 0.717) is 34.2 Å². The van der Waals surface area contributed by atoms with Crippen molar-refractivity contribution in [3.05, 3.63) is 79.9 Å². The summed E-state index contributed by atoms with van der Waals surface area (Å²) >= 11 is 1.51. The Hall–Kier alpha value is -3.39. The van der Waals surface area contributed by atoms with Gasteiger partial charge in [0.1, 0.15) is 5.58 Å². The van der Waals surface area contributed by atoms with Gasteiger partial charge in [-0.25, -0.2) is 4.79 Å². The van der Waals surface area contributed by atoms with Crippen molar-refractivity contribution in [1.82, 2.24) is 19.2 Å². The van der Waals surface area contributed by atoms with Crippen LogP contribution in [0.5, 0.6) is 0 Å². The van der Waals surface area contributed by atoms with Gasteiger partial charge in [0.25, 0.3) is 5.56 Å². The monoisotopic (exact) mass is 472 g/mol. The van der Waals surface area contributed by atoms with Gasteiger partial charge in [0.2, 0.25) is 5.78 Å². The molecule has 0 fully saturated rings. The van der Waals surface area contributed by atoms with Crippen LogP contribution < -0.4 is 11.2 Å². The maximum Gasteiger partial charge on any atom is 0.336 e. The highest BCUT2D eigenvalue weighted by Crippen LogP contribution is 2.31. The highest BCUT2D eigenvalue weighted by Gasteiger charge is 2.19. The zero-order chi connectivity index (χ0) is 23.2. The molecule has 5 aromatic rings. The third-order valence-corrected chi connectivity index (χ3v) is 7.59. The van der Waals surface area contributed by atoms with Gasteiger partial charge in [0.15, 0.2) is 5.16 Å². The number of benzene rings is 2.